The minimum atomic E-state index is -0.0456. The van der Waals surface area contributed by atoms with E-state index in [4.69, 9.17) is 28.9 Å². The molecular weight excluding hydrogens is 484 g/mol. The molecule has 9 heteroatoms. The van der Waals surface area contributed by atoms with Gasteiger partial charge in [0.15, 0.2) is 17.3 Å². The number of nitrogens with zero attached hydrogens (tertiary/aromatic N) is 4. The van der Waals surface area contributed by atoms with Crippen molar-refractivity contribution in [3.05, 3.63) is 58.9 Å². The zero-order chi connectivity index (χ0) is 26.8. The van der Waals surface area contributed by atoms with Crippen LogP contribution in [-0.4, -0.2) is 70.4 Å². The Bertz CT molecular complexity index is 1310. The predicted molar refractivity (Wildman–Crippen MR) is 146 cm³/mol. The van der Waals surface area contributed by atoms with Crippen LogP contribution in [-0.2, 0) is 6.42 Å². The lowest BCUT2D eigenvalue weighted by atomic mass is 9.81. The van der Waals surface area contributed by atoms with E-state index in [1.807, 2.05) is 31.2 Å². The van der Waals surface area contributed by atoms with Gasteiger partial charge in [-0.1, -0.05) is 6.07 Å². The molecule has 3 aromatic rings. The maximum atomic E-state index is 13.3. The molecule has 5 rings (SSSR count). The summed E-state index contributed by atoms with van der Waals surface area (Å²) in [5.41, 5.74) is 4.31. The maximum absolute atomic E-state index is 13.3. The normalized spacial score (nSPS) is 17.2. The molecule has 1 aliphatic heterocycles. The first-order valence-corrected chi connectivity index (χ1v) is 12.8. The lowest BCUT2D eigenvalue weighted by molar-refractivity contribution is 0.0961. The van der Waals surface area contributed by atoms with Crippen LogP contribution < -0.4 is 28.7 Å². The van der Waals surface area contributed by atoms with E-state index in [0.29, 0.717) is 41.6 Å². The summed E-state index contributed by atoms with van der Waals surface area (Å²) in [5.74, 6) is 3.25. The van der Waals surface area contributed by atoms with Crippen LogP contribution in [0.25, 0.3) is 0 Å². The molecule has 200 valence electrons. The second kappa shape index (κ2) is 10.8. The monoisotopic (exact) mass is 518 g/mol. The van der Waals surface area contributed by atoms with Crippen molar-refractivity contribution >= 4 is 17.4 Å². The van der Waals surface area contributed by atoms with Gasteiger partial charge < -0.3 is 28.7 Å². The van der Waals surface area contributed by atoms with E-state index in [1.54, 1.807) is 28.4 Å². The quantitative estimate of drug-likeness (QED) is 0.460. The highest BCUT2D eigenvalue weighted by molar-refractivity contribution is 5.99. The van der Waals surface area contributed by atoms with Crippen molar-refractivity contribution in [3.8, 4) is 23.0 Å². The van der Waals surface area contributed by atoms with E-state index in [2.05, 4.69) is 21.9 Å². The van der Waals surface area contributed by atoms with Gasteiger partial charge in [0.25, 0.3) is 0 Å². The standard InChI is InChI=1S/C29H34N4O5/c1-18-27-23(13-19(14-24(27)34)20-15-25(36-3)28(38-5)26(16-20)37-4)31-29(30-18)33-11-9-32(10-12-33)21-7-6-8-22(17-21)35-2/h6-8,15-17,19H,9-14H2,1-5H3/t19-/m1/s1. The summed E-state index contributed by atoms with van der Waals surface area (Å²) >= 11 is 0. The number of piperazine rings is 1. The fourth-order valence-electron chi connectivity index (χ4n) is 5.44. The molecule has 0 amide bonds. The van der Waals surface area contributed by atoms with Gasteiger partial charge >= 0.3 is 0 Å². The van der Waals surface area contributed by atoms with Crippen LogP contribution in [0.15, 0.2) is 36.4 Å². The molecule has 1 aliphatic carbocycles. The third-order valence-corrected chi connectivity index (χ3v) is 7.44. The number of carbonyl (C=O) groups is 1. The predicted octanol–water partition coefficient (Wildman–Crippen LogP) is 4.06. The van der Waals surface area contributed by atoms with Gasteiger partial charge in [0.2, 0.25) is 11.7 Å². The van der Waals surface area contributed by atoms with Crippen LogP contribution >= 0.6 is 0 Å². The number of hydrogen-bond donors (Lipinski definition) is 0. The summed E-state index contributed by atoms with van der Waals surface area (Å²) < 4.78 is 21.9. The number of anilines is 2. The molecule has 2 heterocycles. The van der Waals surface area contributed by atoms with Gasteiger partial charge in [-0.05, 0) is 49.1 Å². The molecule has 0 spiro atoms. The number of ketones is 1. The third kappa shape index (κ3) is 4.80. The van der Waals surface area contributed by atoms with Crippen LogP contribution in [0.3, 0.4) is 0 Å². The SMILES string of the molecule is COc1cccc(N2CCN(c3nc(C)c4c(n3)C[C@@H](c3cc(OC)c(OC)c(OC)c3)CC4=O)CC2)c1. The van der Waals surface area contributed by atoms with Crippen molar-refractivity contribution in [2.24, 2.45) is 0 Å². The number of Topliss-reactive ketones (excluding diaryl/α,β-unsaturated/α-hetero) is 1. The molecular formula is C29H34N4O5. The Morgan fingerprint density at radius 1 is 0.816 bits per heavy atom. The average molecular weight is 519 g/mol. The number of ether oxygens (including phenoxy) is 4. The number of hydrogen-bond acceptors (Lipinski definition) is 9. The number of rotatable bonds is 7. The van der Waals surface area contributed by atoms with Crippen LogP contribution in [0.2, 0.25) is 0 Å². The van der Waals surface area contributed by atoms with E-state index in [-0.39, 0.29) is 11.7 Å². The summed E-state index contributed by atoms with van der Waals surface area (Å²) in [5, 5.41) is 0. The number of aromatic nitrogens is 2. The molecule has 0 bridgehead atoms. The van der Waals surface area contributed by atoms with Crippen molar-refractivity contribution in [3.63, 3.8) is 0 Å². The smallest absolute Gasteiger partial charge is 0.225 e. The van der Waals surface area contributed by atoms with Crippen LogP contribution in [0.5, 0.6) is 23.0 Å². The summed E-state index contributed by atoms with van der Waals surface area (Å²) in [6.45, 7) is 5.19. The first kappa shape index (κ1) is 25.6. The van der Waals surface area contributed by atoms with Crippen molar-refractivity contribution in [1.29, 1.82) is 0 Å². The zero-order valence-electron chi connectivity index (χ0n) is 22.6. The Kier molecular flexibility index (Phi) is 7.26. The third-order valence-electron chi connectivity index (χ3n) is 7.44. The Morgan fingerprint density at radius 2 is 1.50 bits per heavy atom. The van der Waals surface area contributed by atoms with Crippen molar-refractivity contribution in [1.82, 2.24) is 9.97 Å². The second-order valence-electron chi connectivity index (χ2n) is 9.59. The van der Waals surface area contributed by atoms with Gasteiger partial charge in [-0.2, -0.15) is 0 Å². The van der Waals surface area contributed by atoms with Crippen molar-refractivity contribution < 1.29 is 23.7 Å². The number of aryl methyl sites for hydroxylation is 1. The van der Waals surface area contributed by atoms with Crippen LogP contribution in [0.1, 0.15) is 39.6 Å². The minimum absolute atomic E-state index is 0.0456. The Balaban J connectivity index is 1.38. The van der Waals surface area contributed by atoms with Gasteiger partial charge in [0, 0.05) is 44.4 Å². The molecule has 1 fully saturated rings. The number of carbonyl (C=O) groups excluding carboxylic acids is 1. The van der Waals surface area contributed by atoms with E-state index in [1.165, 1.54) is 0 Å². The highest BCUT2D eigenvalue weighted by Crippen LogP contribution is 2.43. The lowest BCUT2D eigenvalue weighted by Gasteiger charge is -2.36. The molecule has 1 saturated heterocycles. The minimum Gasteiger partial charge on any atom is -0.497 e. The van der Waals surface area contributed by atoms with Gasteiger partial charge in [0.05, 0.1) is 45.4 Å². The number of methoxy groups -OCH3 is 4. The molecule has 9 nitrogen and oxygen atoms in total. The topological polar surface area (TPSA) is 86.2 Å². The molecule has 1 atom stereocenters. The van der Waals surface area contributed by atoms with Gasteiger partial charge in [-0.15, -0.1) is 0 Å². The first-order chi connectivity index (χ1) is 18.4. The highest BCUT2D eigenvalue weighted by Gasteiger charge is 2.32. The van der Waals surface area contributed by atoms with Crippen molar-refractivity contribution in [2.75, 3.05) is 64.4 Å². The Morgan fingerprint density at radius 3 is 2.13 bits per heavy atom. The van der Waals surface area contributed by atoms with Crippen LogP contribution in [0, 0.1) is 6.92 Å². The van der Waals surface area contributed by atoms with E-state index in [9.17, 15) is 4.79 Å². The molecule has 2 aromatic carbocycles. The number of fused-ring (bicyclic) bond motifs is 1. The Hall–Kier alpha value is -4.01. The molecule has 1 aromatic heterocycles. The zero-order valence-corrected chi connectivity index (χ0v) is 22.6. The van der Waals surface area contributed by atoms with Crippen molar-refractivity contribution in [2.45, 2.75) is 25.7 Å². The number of benzene rings is 2. The summed E-state index contributed by atoms with van der Waals surface area (Å²) in [4.78, 5) is 27.5. The Labute approximate surface area is 223 Å². The fraction of sp³-hybridized carbons (Fsp3) is 0.414. The van der Waals surface area contributed by atoms with Gasteiger partial charge in [0.1, 0.15) is 5.75 Å². The van der Waals surface area contributed by atoms with Gasteiger partial charge in [-0.25, -0.2) is 9.97 Å². The molecule has 38 heavy (non-hydrogen) atoms. The molecule has 0 saturated carbocycles. The lowest BCUT2D eigenvalue weighted by Crippen LogP contribution is -2.47. The fourth-order valence-corrected chi connectivity index (χ4v) is 5.44. The van der Waals surface area contributed by atoms with E-state index in [0.717, 1.165) is 54.6 Å². The largest absolute Gasteiger partial charge is 0.497 e. The van der Waals surface area contributed by atoms with E-state index < -0.39 is 0 Å². The second-order valence-corrected chi connectivity index (χ2v) is 9.59. The summed E-state index contributed by atoms with van der Waals surface area (Å²) in [6.07, 6.45) is 1.02. The molecule has 0 unspecified atom stereocenters. The molecule has 0 N–H and O–H groups in total. The summed E-state index contributed by atoms with van der Waals surface area (Å²) in [6, 6.07) is 12.0. The van der Waals surface area contributed by atoms with E-state index >= 15 is 0 Å². The highest BCUT2D eigenvalue weighted by atomic mass is 16.5. The average Bonchev–Trinajstić information content (AvgIpc) is 2.95. The molecule has 2 aliphatic rings. The first-order valence-electron chi connectivity index (χ1n) is 12.8. The van der Waals surface area contributed by atoms with Crippen LogP contribution in [0.4, 0.5) is 11.6 Å². The maximum Gasteiger partial charge on any atom is 0.225 e. The van der Waals surface area contributed by atoms with Gasteiger partial charge in [-0.3, -0.25) is 4.79 Å². The summed E-state index contributed by atoms with van der Waals surface area (Å²) in [7, 11) is 6.46. The molecule has 0 radical (unpaired) electrons.